The lowest BCUT2D eigenvalue weighted by Crippen LogP contribution is -2.08. The van der Waals surface area contributed by atoms with Crippen LogP contribution >= 0.6 is 0 Å². The monoisotopic (exact) mass is 291 g/mol. The Morgan fingerprint density at radius 1 is 0.955 bits per heavy atom. The van der Waals surface area contributed by atoms with Crippen molar-refractivity contribution in [1.29, 1.82) is 0 Å². The summed E-state index contributed by atoms with van der Waals surface area (Å²) < 4.78 is 0. The number of nitrogens with one attached hydrogen (secondary N) is 1. The highest BCUT2D eigenvalue weighted by Gasteiger charge is 2.01. The zero-order valence-corrected chi connectivity index (χ0v) is 12.3. The van der Waals surface area contributed by atoms with Crippen LogP contribution in [0.2, 0.25) is 0 Å². The third-order valence-electron chi connectivity index (χ3n) is 2.98. The molecular weight excluding hydrogens is 274 g/mol. The summed E-state index contributed by atoms with van der Waals surface area (Å²) in [5.74, 6) is -0.268. The minimum Gasteiger partial charge on any atom is -0.322 e. The van der Waals surface area contributed by atoms with Gasteiger partial charge < -0.3 is 5.32 Å². The van der Waals surface area contributed by atoms with Crippen LogP contribution in [0.1, 0.15) is 22.8 Å². The lowest BCUT2D eigenvalue weighted by Gasteiger charge is -2.03. The summed E-state index contributed by atoms with van der Waals surface area (Å²) in [6, 6.07) is 16.7. The van der Waals surface area contributed by atoms with Crippen molar-refractivity contribution < 1.29 is 9.59 Å². The van der Waals surface area contributed by atoms with Gasteiger partial charge >= 0.3 is 0 Å². The molecule has 0 aliphatic rings. The Morgan fingerprint density at radius 3 is 2.45 bits per heavy atom. The van der Waals surface area contributed by atoms with Crippen molar-refractivity contribution in [1.82, 2.24) is 0 Å². The van der Waals surface area contributed by atoms with Crippen LogP contribution in [-0.2, 0) is 4.79 Å². The lowest BCUT2D eigenvalue weighted by atomic mass is 10.1. The van der Waals surface area contributed by atoms with Crippen molar-refractivity contribution in [2.24, 2.45) is 0 Å². The number of Topliss-reactive ketones (excluding diaryl/α,β-unsaturated/α-hetero) is 1. The molecule has 1 N–H and O–H groups in total. The van der Waals surface area contributed by atoms with E-state index in [9.17, 15) is 9.59 Å². The maximum absolute atomic E-state index is 11.8. The van der Waals surface area contributed by atoms with Crippen LogP contribution in [0, 0.1) is 0 Å². The van der Waals surface area contributed by atoms with Gasteiger partial charge in [-0.15, -0.1) is 0 Å². The van der Waals surface area contributed by atoms with E-state index in [2.05, 4.69) is 5.32 Å². The van der Waals surface area contributed by atoms with Gasteiger partial charge in [-0.3, -0.25) is 9.59 Å². The Labute approximate surface area is 130 Å². The van der Waals surface area contributed by atoms with Gasteiger partial charge in [0, 0.05) is 17.3 Å². The second-order valence-electron chi connectivity index (χ2n) is 4.76. The summed E-state index contributed by atoms with van der Waals surface area (Å²) >= 11 is 0. The standard InChI is InChI=1S/C19H17NO2/c1-15(21)17-11-7-12-18(14-17)20-19(22)13-6-5-10-16-8-3-2-4-9-16/h2-14H,1H3,(H,20,22)/b10-5+,13-6+. The largest absolute Gasteiger partial charge is 0.322 e. The van der Waals surface area contributed by atoms with E-state index in [1.165, 1.54) is 13.0 Å². The Kier molecular flexibility index (Phi) is 5.44. The van der Waals surface area contributed by atoms with Crippen molar-refractivity contribution in [3.63, 3.8) is 0 Å². The van der Waals surface area contributed by atoms with E-state index in [0.717, 1.165) is 5.56 Å². The van der Waals surface area contributed by atoms with Crippen molar-refractivity contribution >= 4 is 23.5 Å². The third kappa shape index (κ3) is 4.87. The van der Waals surface area contributed by atoms with Gasteiger partial charge in [0.05, 0.1) is 0 Å². The molecule has 0 bridgehead atoms. The number of hydrogen-bond donors (Lipinski definition) is 1. The van der Waals surface area contributed by atoms with Crippen LogP contribution in [0.5, 0.6) is 0 Å². The first kappa shape index (κ1) is 15.4. The summed E-state index contributed by atoms with van der Waals surface area (Å²) in [7, 11) is 0. The van der Waals surface area contributed by atoms with E-state index < -0.39 is 0 Å². The number of benzene rings is 2. The maximum atomic E-state index is 11.8. The zero-order valence-electron chi connectivity index (χ0n) is 12.3. The number of carbonyl (C=O) groups excluding carboxylic acids is 2. The lowest BCUT2D eigenvalue weighted by molar-refractivity contribution is -0.111. The fraction of sp³-hybridized carbons (Fsp3) is 0.0526. The van der Waals surface area contributed by atoms with E-state index >= 15 is 0 Å². The van der Waals surface area contributed by atoms with E-state index in [-0.39, 0.29) is 11.7 Å². The van der Waals surface area contributed by atoms with Gasteiger partial charge in [-0.2, -0.15) is 0 Å². The smallest absolute Gasteiger partial charge is 0.248 e. The van der Waals surface area contributed by atoms with Crippen molar-refractivity contribution in [2.75, 3.05) is 5.32 Å². The molecule has 0 saturated carbocycles. The summed E-state index contributed by atoms with van der Waals surface area (Å²) in [4.78, 5) is 23.1. The number of anilines is 1. The van der Waals surface area contributed by atoms with Gasteiger partial charge in [0.15, 0.2) is 5.78 Å². The van der Waals surface area contributed by atoms with Gasteiger partial charge in [0.1, 0.15) is 0 Å². The fourth-order valence-corrected chi connectivity index (χ4v) is 1.87. The SMILES string of the molecule is CC(=O)c1cccc(NC(=O)/C=C/C=C/c2ccccc2)c1. The molecule has 110 valence electrons. The minimum atomic E-state index is -0.238. The first-order valence-electron chi connectivity index (χ1n) is 6.97. The molecule has 0 heterocycles. The number of rotatable bonds is 5. The first-order chi connectivity index (χ1) is 10.6. The van der Waals surface area contributed by atoms with Gasteiger partial charge in [0.2, 0.25) is 5.91 Å². The first-order valence-corrected chi connectivity index (χ1v) is 6.97. The van der Waals surface area contributed by atoms with Crippen LogP contribution in [0.15, 0.2) is 72.8 Å². The van der Waals surface area contributed by atoms with Crippen LogP contribution in [0.3, 0.4) is 0 Å². The minimum absolute atomic E-state index is 0.0302. The van der Waals surface area contributed by atoms with Gasteiger partial charge in [-0.1, -0.05) is 60.7 Å². The molecule has 2 aromatic rings. The molecular formula is C19H17NO2. The highest BCUT2D eigenvalue weighted by Crippen LogP contribution is 2.11. The van der Waals surface area contributed by atoms with E-state index in [1.54, 1.807) is 36.4 Å². The molecule has 0 aliphatic carbocycles. The summed E-state index contributed by atoms with van der Waals surface area (Å²) in [6.45, 7) is 1.50. The summed E-state index contributed by atoms with van der Waals surface area (Å²) in [6.07, 6.45) is 6.85. The van der Waals surface area contributed by atoms with Crippen LogP contribution < -0.4 is 5.32 Å². The van der Waals surface area contributed by atoms with Gasteiger partial charge in [0.25, 0.3) is 0 Å². The number of hydrogen-bond acceptors (Lipinski definition) is 2. The molecule has 0 atom stereocenters. The molecule has 0 aromatic heterocycles. The van der Waals surface area contributed by atoms with Crippen LogP contribution in [0.25, 0.3) is 6.08 Å². The normalized spacial score (nSPS) is 11.0. The molecule has 1 amide bonds. The molecule has 0 saturated heterocycles. The predicted molar refractivity (Wildman–Crippen MR) is 89.7 cm³/mol. The Balaban J connectivity index is 1.93. The number of carbonyl (C=O) groups is 2. The predicted octanol–water partition coefficient (Wildman–Crippen LogP) is 4.10. The van der Waals surface area contributed by atoms with Gasteiger partial charge in [-0.25, -0.2) is 0 Å². The van der Waals surface area contributed by atoms with Crippen LogP contribution in [0.4, 0.5) is 5.69 Å². The van der Waals surface area contributed by atoms with E-state index in [0.29, 0.717) is 11.3 Å². The Bertz CT molecular complexity index is 715. The fourth-order valence-electron chi connectivity index (χ4n) is 1.87. The molecule has 0 unspecified atom stereocenters. The Hall–Kier alpha value is -2.94. The van der Waals surface area contributed by atoms with Crippen molar-refractivity contribution in [3.8, 4) is 0 Å². The van der Waals surface area contributed by atoms with E-state index in [1.807, 2.05) is 36.4 Å². The second-order valence-corrected chi connectivity index (χ2v) is 4.76. The zero-order chi connectivity index (χ0) is 15.8. The van der Waals surface area contributed by atoms with Gasteiger partial charge in [-0.05, 0) is 24.6 Å². The maximum Gasteiger partial charge on any atom is 0.248 e. The Morgan fingerprint density at radius 2 is 1.73 bits per heavy atom. The molecule has 0 spiro atoms. The molecule has 3 heteroatoms. The number of allylic oxidation sites excluding steroid dienone is 2. The number of amides is 1. The van der Waals surface area contributed by atoms with Crippen molar-refractivity contribution in [3.05, 3.63) is 84.0 Å². The average molecular weight is 291 g/mol. The van der Waals surface area contributed by atoms with Crippen LogP contribution in [-0.4, -0.2) is 11.7 Å². The highest BCUT2D eigenvalue weighted by molar-refractivity contribution is 6.01. The molecule has 0 fully saturated rings. The second kappa shape index (κ2) is 7.74. The molecule has 2 rings (SSSR count). The molecule has 2 aromatic carbocycles. The van der Waals surface area contributed by atoms with E-state index in [4.69, 9.17) is 0 Å². The summed E-state index contributed by atoms with van der Waals surface area (Å²) in [5.41, 5.74) is 2.25. The molecule has 0 aliphatic heterocycles. The highest BCUT2D eigenvalue weighted by atomic mass is 16.1. The number of ketones is 1. The average Bonchev–Trinajstić information content (AvgIpc) is 2.53. The van der Waals surface area contributed by atoms with Crippen molar-refractivity contribution in [2.45, 2.75) is 6.92 Å². The molecule has 3 nitrogen and oxygen atoms in total. The topological polar surface area (TPSA) is 46.2 Å². The molecule has 0 radical (unpaired) electrons. The molecule has 22 heavy (non-hydrogen) atoms. The summed E-state index contributed by atoms with van der Waals surface area (Å²) in [5, 5.41) is 2.72. The third-order valence-corrected chi connectivity index (χ3v) is 2.98. The quantitative estimate of drug-likeness (QED) is 0.512.